The number of hydrogen-bond donors (Lipinski definition) is 2. The Morgan fingerprint density at radius 2 is 1.96 bits per heavy atom. The number of aromatic nitrogens is 1. The van der Waals surface area contributed by atoms with Crippen LogP contribution in [0.25, 0.3) is 0 Å². The van der Waals surface area contributed by atoms with Crippen LogP contribution < -0.4 is 10.6 Å². The molecule has 27 heavy (non-hydrogen) atoms. The summed E-state index contributed by atoms with van der Waals surface area (Å²) in [6, 6.07) is 10.5. The topological polar surface area (TPSA) is 54.0 Å². The van der Waals surface area contributed by atoms with E-state index in [2.05, 4.69) is 21.7 Å². The van der Waals surface area contributed by atoms with Gasteiger partial charge in [-0.15, -0.1) is 0 Å². The van der Waals surface area contributed by atoms with Crippen LogP contribution in [0.1, 0.15) is 32.1 Å². The summed E-state index contributed by atoms with van der Waals surface area (Å²) < 4.78 is 13.2. The smallest absolute Gasteiger partial charge is 0.263 e. The molecule has 1 aromatic heterocycles. The molecular formula is C20H19ClFN3OS. The van der Waals surface area contributed by atoms with Crippen molar-refractivity contribution in [3.63, 3.8) is 0 Å². The first kappa shape index (κ1) is 19.3. The Kier molecular flexibility index (Phi) is 5.77. The summed E-state index contributed by atoms with van der Waals surface area (Å²) in [6.45, 7) is 6.13. The third-order valence-corrected chi connectivity index (χ3v) is 5.42. The molecule has 3 aromatic rings. The van der Waals surface area contributed by atoms with Gasteiger partial charge in [-0.1, -0.05) is 46.7 Å². The Balaban J connectivity index is 1.69. The second-order valence-electron chi connectivity index (χ2n) is 6.31. The van der Waals surface area contributed by atoms with Crippen LogP contribution in [0.4, 0.5) is 15.2 Å². The number of hydrogen-bond acceptors (Lipinski definition) is 4. The normalized spacial score (nSPS) is 10.7. The third-order valence-electron chi connectivity index (χ3n) is 4.06. The zero-order valence-corrected chi connectivity index (χ0v) is 16.8. The van der Waals surface area contributed by atoms with Crippen molar-refractivity contribution in [3.8, 4) is 0 Å². The molecule has 7 heteroatoms. The number of aryl methyl sites for hydroxylation is 3. The van der Waals surface area contributed by atoms with Gasteiger partial charge in [-0.05, 0) is 50.1 Å². The number of rotatable bonds is 5. The minimum absolute atomic E-state index is 0.0377. The highest BCUT2D eigenvalue weighted by Crippen LogP contribution is 2.27. The molecule has 2 N–H and O–H groups in total. The molecule has 0 fully saturated rings. The van der Waals surface area contributed by atoms with Gasteiger partial charge in [0.05, 0.1) is 10.7 Å². The minimum atomic E-state index is -0.479. The third kappa shape index (κ3) is 4.64. The van der Waals surface area contributed by atoms with Crippen molar-refractivity contribution < 1.29 is 9.18 Å². The fourth-order valence-corrected chi connectivity index (χ4v) is 3.74. The summed E-state index contributed by atoms with van der Waals surface area (Å²) in [7, 11) is 0. The molecule has 1 heterocycles. The first-order valence-corrected chi connectivity index (χ1v) is 9.57. The van der Waals surface area contributed by atoms with Gasteiger partial charge in [0.2, 0.25) is 0 Å². The Bertz CT molecular complexity index is 1000. The molecule has 0 aliphatic carbocycles. The van der Waals surface area contributed by atoms with Crippen LogP contribution in [0.3, 0.4) is 0 Å². The minimum Gasteiger partial charge on any atom is -0.347 e. The highest BCUT2D eigenvalue weighted by molar-refractivity contribution is 7.17. The molecule has 0 aliphatic rings. The van der Waals surface area contributed by atoms with Gasteiger partial charge in [-0.3, -0.25) is 4.79 Å². The lowest BCUT2D eigenvalue weighted by atomic mass is 10.1. The fourth-order valence-electron chi connectivity index (χ4n) is 2.64. The SMILES string of the molecule is Cc1ccc(Nc2nc(C)c(C(=O)NCc3ccc(F)c(Cl)c3)s2)c(C)c1. The highest BCUT2D eigenvalue weighted by Gasteiger charge is 2.16. The maximum absolute atomic E-state index is 13.2. The number of anilines is 2. The van der Waals surface area contributed by atoms with Gasteiger partial charge in [0, 0.05) is 12.2 Å². The molecule has 4 nitrogen and oxygen atoms in total. The van der Waals surface area contributed by atoms with Crippen molar-refractivity contribution in [2.75, 3.05) is 5.32 Å². The van der Waals surface area contributed by atoms with Crippen molar-refractivity contribution in [2.24, 2.45) is 0 Å². The van der Waals surface area contributed by atoms with E-state index >= 15 is 0 Å². The van der Waals surface area contributed by atoms with Crippen LogP contribution >= 0.6 is 22.9 Å². The van der Waals surface area contributed by atoms with E-state index in [0.717, 1.165) is 16.8 Å². The van der Waals surface area contributed by atoms with E-state index in [4.69, 9.17) is 11.6 Å². The second kappa shape index (κ2) is 8.06. The molecule has 0 aliphatic heterocycles. The number of amides is 1. The molecule has 0 atom stereocenters. The Hall–Kier alpha value is -2.44. The van der Waals surface area contributed by atoms with Gasteiger partial charge in [-0.2, -0.15) is 0 Å². The van der Waals surface area contributed by atoms with Gasteiger partial charge < -0.3 is 10.6 Å². The van der Waals surface area contributed by atoms with E-state index in [-0.39, 0.29) is 17.5 Å². The van der Waals surface area contributed by atoms with Crippen molar-refractivity contribution in [3.05, 3.63) is 74.5 Å². The predicted octanol–water partition coefficient (Wildman–Crippen LogP) is 5.53. The Morgan fingerprint density at radius 3 is 2.67 bits per heavy atom. The van der Waals surface area contributed by atoms with Crippen molar-refractivity contribution >= 4 is 39.7 Å². The number of thiazole rings is 1. The monoisotopic (exact) mass is 403 g/mol. The molecule has 0 radical (unpaired) electrons. The van der Waals surface area contributed by atoms with Crippen molar-refractivity contribution in [1.29, 1.82) is 0 Å². The standard InChI is InChI=1S/C20H19ClFN3OS/c1-11-4-7-17(12(2)8-11)25-20-24-13(3)18(27-20)19(26)23-10-14-5-6-16(22)15(21)9-14/h4-9H,10H2,1-3H3,(H,23,26)(H,24,25). The molecule has 0 saturated carbocycles. The Labute approximate surface area is 166 Å². The second-order valence-corrected chi connectivity index (χ2v) is 7.71. The van der Waals surface area contributed by atoms with Crippen LogP contribution in [0.5, 0.6) is 0 Å². The molecule has 1 amide bonds. The largest absolute Gasteiger partial charge is 0.347 e. The van der Waals surface area contributed by atoms with Gasteiger partial charge in [0.1, 0.15) is 10.7 Å². The number of benzene rings is 2. The predicted molar refractivity (Wildman–Crippen MR) is 109 cm³/mol. The number of nitrogens with zero attached hydrogens (tertiary/aromatic N) is 1. The molecule has 0 spiro atoms. The zero-order valence-electron chi connectivity index (χ0n) is 15.2. The maximum Gasteiger partial charge on any atom is 0.263 e. The van der Waals surface area contributed by atoms with Gasteiger partial charge in [0.15, 0.2) is 5.13 Å². The molecule has 140 valence electrons. The first-order valence-electron chi connectivity index (χ1n) is 8.37. The van der Waals surface area contributed by atoms with E-state index in [9.17, 15) is 9.18 Å². The van der Waals surface area contributed by atoms with E-state index in [1.807, 2.05) is 26.0 Å². The van der Waals surface area contributed by atoms with Crippen LogP contribution in [-0.4, -0.2) is 10.9 Å². The highest BCUT2D eigenvalue weighted by atomic mass is 35.5. The van der Waals surface area contributed by atoms with Gasteiger partial charge in [-0.25, -0.2) is 9.37 Å². The summed E-state index contributed by atoms with van der Waals surface area (Å²) in [5.41, 5.74) is 4.64. The zero-order chi connectivity index (χ0) is 19.6. The van der Waals surface area contributed by atoms with Gasteiger partial charge in [0.25, 0.3) is 5.91 Å². The average molecular weight is 404 g/mol. The van der Waals surface area contributed by atoms with Crippen molar-refractivity contribution in [1.82, 2.24) is 10.3 Å². The number of carbonyl (C=O) groups excluding carboxylic acids is 1. The average Bonchev–Trinajstić information content (AvgIpc) is 2.98. The van der Waals surface area contributed by atoms with E-state index in [1.54, 1.807) is 13.0 Å². The lowest BCUT2D eigenvalue weighted by molar-refractivity contribution is 0.0954. The first-order chi connectivity index (χ1) is 12.8. The fraction of sp³-hybridized carbons (Fsp3) is 0.200. The van der Waals surface area contributed by atoms with Crippen LogP contribution in [0.2, 0.25) is 5.02 Å². The maximum atomic E-state index is 13.2. The number of halogens is 2. The lowest BCUT2D eigenvalue weighted by Crippen LogP contribution is -2.22. The van der Waals surface area contributed by atoms with E-state index in [0.29, 0.717) is 15.7 Å². The summed E-state index contributed by atoms with van der Waals surface area (Å²) in [4.78, 5) is 17.5. The lowest BCUT2D eigenvalue weighted by Gasteiger charge is -2.07. The molecule has 3 rings (SSSR count). The number of carbonyl (C=O) groups is 1. The van der Waals surface area contributed by atoms with Crippen LogP contribution in [0, 0.1) is 26.6 Å². The van der Waals surface area contributed by atoms with Gasteiger partial charge >= 0.3 is 0 Å². The van der Waals surface area contributed by atoms with E-state index < -0.39 is 5.82 Å². The Morgan fingerprint density at radius 1 is 1.19 bits per heavy atom. The van der Waals surface area contributed by atoms with Crippen LogP contribution in [-0.2, 0) is 6.54 Å². The summed E-state index contributed by atoms with van der Waals surface area (Å²) in [5.74, 6) is -0.703. The summed E-state index contributed by atoms with van der Waals surface area (Å²) >= 11 is 7.07. The number of nitrogens with one attached hydrogen (secondary N) is 2. The summed E-state index contributed by atoms with van der Waals surface area (Å²) in [5, 5.41) is 6.79. The molecule has 0 unspecified atom stereocenters. The van der Waals surface area contributed by atoms with Crippen molar-refractivity contribution in [2.45, 2.75) is 27.3 Å². The van der Waals surface area contributed by atoms with Crippen LogP contribution in [0.15, 0.2) is 36.4 Å². The quantitative estimate of drug-likeness (QED) is 0.588. The summed E-state index contributed by atoms with van der Waals surface area (Å²) in [6.07, 6.45) is 0. The molecule has 0 bridgehead atoms. The van der Waals surface area contributed by atoms with E-state index in [1.165, 1.54) is 29.0 Å². The molecule has 0 saturated heterocycles. The molecule has 2 aromatic carbocycles. The molecular weight excluding hydrogens is 385 g/mol.